The topological polar surface area (TPSA) is 119 Å². The van der Waals surface area contributed by atoms with Crippen molar-refractivity contribution in [3.8, 4) is 0 Å². The molecule has 39 heavy (non-hydrogen) atoms. The number of Topliss-reactive ketones (excluding diaryl/α,β-unsaturated/α-hetero) is 2. The Kier molecular flexibility index (Phi) is 7.27. The maximum atomic E-state index is 14.2. The molecule has 3 aliphatic carbocycles. The molecule has 0 aromatic carbocycles. The lowest BCUT2D eigenvalue weighted by Gasteiger charge is -2.56. The molecule has 4 aliphatic rings. The number of ketones is 2. The Bertz CT molecular complexity index is 1250. The van der Waals surface area contributed by atoms with Crippen molar-refractivity contribution < 1.29 is 38.5 Å². The van der Waals surface area contributed by atoms with Crippen LogP contribution in [0.5, 0.6) is 0 Å². The zero-order valence-corrected chi connectivity index (χ0v) is 23.3. The van der Waals surface area contributed by atoms with Crippen LogP contribution >= 0.6 is 0 Å². The van der Waals surface area contributed by atoms with Crippen LogP contribution in [0.25, 0.3) is 0 Å². The molecule has 0 bridgehead atoms. The molecule has 1 saturated heterocycles. The number of fused-ring (bicyclic) bond motifs is 4. The van der Waals surface area contributed by atoms with Gasteiger partial charge in [0, 0.05) is 68.1 Å². The standard InChI is InChI=1S/C30H37NO8/c1-8-12-31(13-9-2)15-18-22-25(34)26(35)24-23(30(22,6)21(16-37-7)39-27(18)36)19(38-17(3)32)14-29(5)20(33)10-11-28(24,29)4/h8-9,15,19,21,34H,1-2,10-14,16H2,3-7H3/b18-15-/t19-,21-,28+,29-,30+/m1/s1. The number of hydrogen-bond donors (Lipinski definition) is 1. The average Bonchev–Trinajstić information content (AvgIpc) is 3.09. The second kappa shape index (κ2) is 9.93. The van der Waals surface area contributed by atoms with Crippen LogP contribution in [0.15, 0.2) is 59.6 Å². The van der Waals surface area contributed by atoms with Crippen LogP contribution in [-0.4, -0.2) is 72.5 Å². The van der Waals surface area contributed by atoms with E-state index < -0.39 is 51.9 Å². The second-order valence-corrected chi connectivity index (χ2v) is 11.4. The van der Waals surface area contributed by atoms with Crippen LogP contribution < -0.4 is 0 Å². The summed E-state index contributed by atoms with van der Waals surface area (Å²) in [5.74, 6) is -2.57. The lowest BCUT2D eigenvalue weighted by molar-refractivity contribution is -0.161. The van der Waals surface area contributed by atoms with Gasteiger partial charge in [-0.3, -0.25) is 14.4 Å². The largest absolute Gasteiger partial charge is 0.504 e. The first-order chi connectivity index (χ1) is 18.3. The maximum absolute atomic E-state index is 14.2. The predicted octanol–water partition coefficient (Wildman–Crippen LogP) is 3.52. The van der Waals surface area contributed by atoms with Crippen molar-refractivity contribution in [1.82, 2.24) is 4.90 Å². The normalized spacial score (nSPS) is 34.8. The fourth-order valence-corrected chi connectivity index (χ4v) is 7.09. The monoisotopic (exact) mass is 539 g/mol. The first kappa shape index (κ1) is 28.5. The molecule has 0 amide bonds. The van der Waals surface area contributed by atoms with E-state index in [0.29, 0.717) is 25.1 Å². The molecule has 0 unspecified atom stereocenters. The van der Waals surface area contributed by atoms with Crippen molar-refractivity contribution >= 4 is 23.5 Å². The Morgan fingerprint density at radius 1 is 1.13 bits per heavy atom. The summed E-state index contributed by atoms with van der Waals surface area (Å²) in [6.45, 7) is 14.9. The number of aliphatic hydroxyl groups is 1. The molecule has 1 saturated carbocycles. The van der Waals surface area contributed by atoms with Gasteiger partial charge in [-0.15, -0.1) is 13.2 Å². The van der Waals surface area contributed by atoms with Crippen LogP contribution in [0.3, 0.4) is 0 Å². The number of methoxy groups -OCH3 is 1. The molecular formula is C30H37NO8. The lowest BCUT2D eigenvalue weighted by atomic mass is 9.48. The first-order valence-corrected chi connectivity index (χ1v) is 13.1. The van der Waals surface area contributed by atoms with Gasteiger partial charge in [-0.2, -0.15) is 0 Å². The number of esters is 2. The van der Waals surface area contributed by atoms with E-state index in [1.165, 1.54) is 20.2 Å². The van der Waals surface area contributed by atoms with Gasteiger partial charge in [0.25, 0.3) is 0 Å². The Hall–Kier alpha value is -3.46. The summed E-state index contributed by atoms with van der Waals surface area (Å²) in [6.07, 6.45) is 3.77. The summed E-state index contributed by atoms with van der Waals surface area (Å²) in [7, 11) is 1.46. The van der Waals surface area contributed by atoms with Crippen molar-refractivity contribution in [3.05, 3.63) is 59.6 Å². The van der Waals surface area contributed by atoms with E-state index >= 15 is 0 Å². The lowest BCUT2D eigenvalue weighted by Crippen LogP contribution is -2.59. The number of nitrogens with zero attached hydrogens (tertiary/aromatic N) is 1. The molecule has 210 valence electrons. The van der Waals surface area contributed by atoms with Crippen LogP contribution in [0.2, 0.25) is 0 Å². The van der Waals surface area contributed by atoms with E-state index in [2.05, 4.69) is 13.2 Å². The molecule has 4 rings (SSSR count). The number of carbonyl (C=O) groups is 4. The van der Waals surface area contributed by atoms with Gasteiger partial charge >= 0.3 is 11.9 Å². The third-order valence-corrected chi connectivity index (χ3v) is 9.23. The highest BCUT2D eigenvalue weighted by Crippen LogP contribution is 2.67. The predicted molar refractivity (Wildman–Crippen MR) is 142 cm³/mol. The van der Waals surface area contributed by atoms with E-state index in [9.17, 15) is 24.3 Å². The Balaban J connectivity index is 2.06. The minimum Gasteiger partial charge on any atom is -0.504 e. The number of ether oxygens (including phenoxy) is 3. The fraction of sp³-hybridized carbons (Fsp3) is 0.533. The second-order valence-electron chi connectivity index (χ2n) is 11.4. The smallest absolute Gasteiger partial charge is 0.340 e. The molecule has 0 radical (unpaired) electrons. The summed E-state index contributed by atoms with van der Waals surface area (Å²) in [5.41, 5.74) is -2.40. The number of hydrogen-bond acceptors (Lipinski definition) is 9. The molecule has 9 heteroatoms. The Labute approximate surface area is 228 Å². The number of aliphatic hydroxyl groups excluding tert-OH is 1. The highest BCUT2D eigenvalue weighted by molar-refractivity contribution is 6.14. The first-order valence-electron chi connectivity index (χ1n) is 13.1. The minimum absolute atomic E-state index is 0.00788. The molecule has 5 atom stereocenters. The SMILES string of the molecule is C=CCN(/C=C1\C(=O)O[C@H](COC)[C@@]2(C)C1=C(O)C(=O)C1=C2[C@H](OC(C)=O)C[C@]2(C)C(=O)CC[C@@]12C)CC=C. The zero-order chi connectivity index (χ0) is 28.9. The van der Waals surface area contributed by atoms with Gasteiger partial charge < -0.3 is 24.2 Å². The van der Waals surface area contributed by atoms with Crippen LogP contribution in [0.4, 0.5) is 0 Å². The molecule has 0 aromatic heterocycles. The van der Waals surface area contributed by atoms with Gasteiger partial charge in [-0.05, 0) is 18.9 Å². The summed E-state index contributed by atoms with van der Waals surface area (Å²) < 4.78 is 17.2. The van der Waals surface area contributed by atoms with Crippen molar-refractivity contribution in [3.63, 3.8) is 0 Å². The zero-order valence-electron chi connectivity index (χ0n) is 23.3. The molecule has 1 N–H and O–H groups in total. The van der Waals surface area contributed by atoms with E-state index in [4.69, 9.17) is 14.2 Å². The summed E-state index contributed by atoms with van der Waals surface area (Å²) in [6, 6.07) is 0. The van der Waals surface area contributed by atoms with Crippen molar-refractivity contribution in [1.29, 1.82) is 0 Å². The van der Waals surface area contributed by atoms with Gasteiger partial charge in [0.05, 0.1) is 17.6 Å². The Morgan fingerprint density at radius 3 is 2.33 bits per heavy atom. The number of carbonyl (C=O) groups excluding carboxylic acids is 4. The van der Waals surface area contributed by atoms with E-state index in [1.807, 2.05) is 6.92 Å². The quantitative estimate of drug-likeness (QED) is 0.281. The van der Waals surface area contributed by atoms with Gasteiger partial charge in [-0.25, -0.2) is 4.79 Å². The molecule has 2 fully saturated rings. The van der Waals surface area contributed by atoms with Crippen molar-refractivity contribution in [2.75, 3.05) is 26.8 Å². The number of cyclic esters (lactones) is 1. The molecule has 1 aliphatic heterocycles. The third-order valence-electron chi connectivity index (χ3n) is 9.23. The van der Waals surface area contributed by atoms with Gasteiger partial charge in [0.1, 0.15) is 18.0 Å². The molecule has 1 heterocycles. The van der Waals surface area contributed by atoms with Crippen LogP contribution in [0.1, 0.15) is 47.0 Å². The van der Waals surface area contributed by atoms with Gasteiger partial charge in [0.15, 0.2) is 5.76 Å². The molecule has 0 spiro atoms. The van der Waals surface area contributed by atoms with E-state index in [1.54, 1.807) is 30.9 Å². The molecule has 0 aromatic rings. The summed E-state index contributed by atoms with van der Waals surface area (Å²) in [4.78, 5) is 54.9. The summed E-state index contributed by atoms with van der Waals surface area (Å²) in [5, 5.41) is 11.6. The van der Waals surface area contributed by atoms with Crippen LogP contribution in [0, 0.1) is 16.2 Å². The van der Waals surface area contributed by atoms with Gasteiger partial charge in [0.2, 0.25) is 5.78 Å². The Morgan fingerprint density at radius 2 is 1.77 bits per heavy atom. The minimum atomic E-state index is -1.30. The fourth-order valence-electron chi connectivity index (χ4n) is 7.09. The van der Waals surface area contributed by atoms with Crippen molar-refractivity contribution in [2.24, 2.45) is 16.2 Å². The van der Waals surface area contributed by atoms with E-state index in [-0.39, 0.29) is 42.0 Å². The van der Waals surface area contributed by atoms with Crippen LogP contribution in [-0.2, 0) is 33.4 Å². The average molecular weight is 540 g/mol. The van der Waals surface area contributed by atoms with Crippen molar-refractivity contribution in [2.45, 2.75) is 59.2 Å². The summed E-state index contributed by atoms with van der Waals surface area (Å²) >= 11 is 0. The third kappa shape index (κ3) is 4.01. The number of rotatable bonds is 8. The molecular weight excluding hydrogens is 502 g/mol. The highest BCUT2D eigenvalue weighted by Gasteiger charge is 2.68. The maximum Gasteiger partial charge on any atom is 0.340 e. The van der Waals surface area contributed by atoms with Gasteiger partial charge in [-0.1, -0.05) is 26.0 Å². The number of allylic oxidation sites excluding steroid dienone is 1. The highest BCUT2D eigenvalue weighted by atomic mass is 16.6. The van der Waals surface area contributed by atoms with E-state index in [0.717, 1.165) is 0 Å². The molecule has 9 nitrogen and oxygen atoms in total.